The van der Waals surface area contributed by atoms with Crippen molar-refractivity contribution in [3.8, 4) is 22.9 Å². The number of nitrogens with one attached hydrogen (secondary N) is 1. The minimum absolute atomic E-state index is 0.176. The van der Waals surface area contributed by atoms with Gasteiger partial charge in [0.15, 0.2) is 0 Å². The van der Waals surface area contributed by atoms with Gasteiger partial charge in [0, 0.05) is 51.0 Å². The number of benzene rings is 1. The van der Waals surface area contributed by atoms with Gasteiger partial charge in [0.25, 0.3) is 5.88 Å². The van der Waals surface area contributed by atoms with Crippen molar-refractivity contribution in [1.29, 1.82) is 0 Å². The largest absolute Gasteiger partial charge is 0.487 e. The van der Waals surface area contributed by atoms with Crippen molar-refractivity contribution in [2.75, 3.05) is 51.9 Å². The Hall–Kier alpha value is -3.78. The lowest BCUT2D eigenvalue weighted by molar-refractivity contribution is 0.00503. The molecule has 2 aliphatic rings. The van der Waals surface area contributed by atoms with E-state index in [1.807, 2.05) is 37.4 Å². The zero-order valence-corrected chi connectivity index (χ0v) is 27.2. The molecule has 1 aliphatic heterocycles. The predicted octanol–water partition coefficient (Wildman–Crippen LogP) is 5.03. The summed E-state index contributed by atoms with van der Waals surface area (Å²) in [7, 11) is 1.69. The molecule has 4 aromatic rings. The van der Waals surface area contributed by atoms with E-state index in [0.29, 0.717) is 54.4 Å². The molecule has 14 heteroatoms. The van der Waals surface area contributed by atoms with Crippen LogP contribution in [0.2, 0.25) is 5.02 Å². The Morgan fingerprint density at radius 1 is 1.09 bits per heavy atom. The molecule has 1 aliphatic carbocycles. The number of nitrogens with zero attached hydrogens (tertiary/aromatic N) is 8. The summed E-state index contributed by atoms with van der Waals surface area (Å²) >= 11 is 6.50. The van der Waals surface area contributed by atoms with Crippen LogP contribution in [0.1, 0.15) is 45.1 Å². The first kappa shape index (κ1) is 32.2. The van der Waals surface area contributed by atoms with Gasteiger partial charge >= 0.3 is 0 Å². The van der Waals surface area contributed by atoms with E-state index >= 15 is 0 Å². The maximum atomic E-state index is 6.50. The Morgan fingerprint density at radius 3 is 2.70 bits per heavy atom. The second-order valence-electron chi connectivity index (χ2n) is 11.7. The second-order valence-corrected chi connectivity index (χ2v) is 12.1. The molecule has 2 fully saturated rings. The molecule has 3 aromatic heterocycles. The van der Waals surface area contributed by atoms with Crippen molar-refractivity contribution in [2.24, 2.45) is 0 Å². The van der Waals surface area contributed by atoms with Gasteiger partial charge < -0.3 is 24.3 Å². The number of hydrogen-bond donors (Lipinski definition) is 1. The fourth-order valence-electron chi connectivity index (χ4n) is 6.05. The van der Waals surface area contributed by atoms with Gasteiger partial charge in [-0.2, -0.15) is 5.10 Å². The molecular formula is C32H42ClN9O4. The molecule has 0 bridgehead atoms. The van der Waals surface area contributed by atoms with E-state index in [9.17, 15) is 0 Å². The summed E-state index contributed by atoms with van der Waals surface area (Å²) in [4.78, 5) is 15.9. The van der Waals surface area contributed by atoms with Crippen LogP contribution in [0.5, 0.6) is 11.6 Å². The molecule has 1 N–H and O–H groups in total. The summed E-state index contributed by atoms with van der Waals surface area (Å²) in [6, 6.07) is 8.40. The Kier molecular flexibility index (Phi) is 11.0. The summed E-state index contributed by atoms with van der Waals surface area (Å²) in [5.74, 6) is 1.53. The van der Waals surface area contributed by atoms with Crippen LogP contribution in [0.4, 0.5) is 11.6 Å². The first-order chi connectivity index (χ1) is 22.6. The molecule has 6 rings (SSSR count). The number of aromatic nitrogens is 7. The lowest BCUT2D eigenvalue weighted by Gasteiger charge is -2.38. The summed E-state index contributed by atoms with van der Waals surface area (Å²) in [6.45, 7) is 7.33. The van der Waals surface area contributed by atoms with Crippen molar-refractivity contribution in [3.05, 3.63) is 54.3 Å². The molecule has 1 atom stereocenters. The van der Waals surface area contributed by atoms with Crippen LogP contribution >= 0.6 is 11.6 Å². The second kappa shape index (κ2) is 15.7. The smallest absolute Gasteiger partial charge is 0.256 e. The van der Waals surface area contributed by atoms with Crippen LogP contribution < -0.4 is 14.8 Å². The van der Waals surface area contributed by atoms with Gasteiger partial charge in [-0.05, 0) is 50.8 Å². The van der Waals surface area contributed by atoms with E-state index in [0.717, 1.165) is 75.4 Å². The number of anilines is 2. The molecule has 1 saturated carbocycles. The maximum Gasteiger partial charge on any atom is 0.256 e. The highest BCUT2D eigenvalue weighted by atomic mass is 35.5. The van der Waals surface area contributed by atoms with Gasteiger partial charge in [0.05, 0.1) is 49.3 Å². The average molecular weight is 652 g/mol. The lowest BCUT2D eigenvalue weighted by atomic mass is 9.90. The van der Waals surface area contributed by atoms with Crippen molar-refractivity contribution in [3.63, 3.8) is 0 Å². The van der Waals surface area contributed by atoms with Crippen LogP contribution in [0, 0.1) is 0 Å². The van der Waals surface area contributed by atoms with Gasteiger partial charge in [-0.25, -0.2) is 19.6 Å². The van der Waals surface area contributed by atoms with E-state index in [-0.39, 0.29) is 6.10 Å². The van der Waals surface area contributed by atoms with E-state index in [1.165, 1.54) is 6.33 Å². The number of hydrogen-bond acceptors (Lipinski definition) is 11. The van der Waals surface area contributed by atoms with Crippen LogP contribution in [-0.4, -0.2) is 98.2 Å². The van der Waals surface area contributed by atoms with Gasteiger partial charge in [-0.15, -0.1) is 5.10 Å². The van der Waals surface area contributed by atoms with Gasteiger partial charge in [-0.1, -0.05) is 17.7 Å². The number of methoxy groups -OCH3 is 1. The standard InChI is InChI=1S/C32H42ClN9O4/c1-23(19-41-22-34-21-36-41)46-30-18-24(4-9-27(30)33)28-10-11-35-32(37-28)38-29-20-42(39-31(29)45-15-3-14-43-2)26-7-5-25(6-8-26)40-12-16-44-17-13-40/h4,9-11,18,20-23,25-26H,3,5-8,12-17,19H2,1-2H3,(H,35,37,38)/t23-,25?,26?/m0/s1. The molecular weight excluding hydrogens is 610 g/mol. The summed E-state index contributed by atoms with van der Waals surface area (Å²) < 4.78 is 26.8. The molecule has 246 valence electrons. The van der Waals surface area contributed by atoms with E-state index in [1.54, 1.807) is 24.3 Å². The Bertz CT molecular complexity index is 1520. The van der Waals surface area contributed by atoms with Crippen molar-refractivity contribution in [2.45, 2.75) is 63.8 Å². The fourth-order valence-corrected chi connectivity index (χ4v) is 6.22. The first-order valence-corrected chi connectivity index (χ1v) is 16.3. The molecule has 1 saturated heterocycles. The third kappa shape index (κ3) is 8.32. The third-order valence-corrected chi connectivity index (χ3v) is 8.71. The number of morpholine rings is 1. The summed E-state index contributed by atoms with van der Waals surface area (Å²) in [6.07, 6.45) is 11.9. The fraction of sp³-hybridized carbons (Fsp3) is 0.531. The monoisotopic (exact) mass is 651 g/mol. The molecule has 13 nitrogen and oxygen atoms in total. The highest BCUT2D eigenvalue weighted by Gasteiger charge is 2.29. The number of ether oxygens (including phenoxy) is 4. The highest BCUT2D eigenvalue weighted by molar-refractivity contribution is 6.32. The molecule has 0 amide bonds. The van der Waals surface area contributed by atoms with Crippen LogP contribution in [0.15, 0.2) is 49.3 Å². The minimum Gasteiger partial charge on any atom is -0.487 e. The minimum atomic E-state index is -0.176. The number of halogens is 1. The van der Waals surface area contributed by atoms with Crippen LogP contribution in [0.25, 0.3) is 11.3 Å². The molecule has 0 unspecified atom stereocenters. The molecule has 46 heavy (non-hydrogen) atoms. The lowest BCUT2D eigenvalue weighted by Crippen LogP contribution is -2.45. The Labute approximate surface area is 274 Å². The SMILES string of the molecule is COCCCOc1nn(C2CCC(N3CCOCC3)CC2)cc1Nc1nccc(-c2ccc(Cl)c(O[C@@H](C)Cn3cncn3)c2)n1. The average Bonchev–Trinajstić information content (AvgIpc) is 3.75. The normalized spacial score (nSPS) is 19.5. The molecule has 1 aromatic carbocycles. The quantitative estimate of drug-likeness (QED) is 0.185. The van der Waals surface area contributed by atoms with E-state index in [2.05, 4.69) is 30.0 Å². The van der Waals surface area contributed by atoms with E-state index < -0.39 is 0 Å². The Balaban J connectivity index is 1.15. The zero-order valence-electron chi connectivity index (χ0n) is 26.4. The third-order valence-electron chi connectivity index (χ3n) is 8.40. The van der Waals surface area contributed by atoms with Gasteiger partial charge in [-0.3, -0.25) is 9.58 Å². The highest BCUT2D eigenvalue weighted by Crippen LogP contribution is 2.35. The molecule has 4 heterocycles. The van der Waals surface area contributed by atoms with Crippen LogP contribution in [0.3, 0.4) is 0 Å². The van der Waals surface area contributed by atoms with Gasteiger partial charge in [0.2, 0.25) is 5.95 Å². The van der Waals surface area contributed by atoms with Crippen LogP contribution in [-0.2, 0) is 16.0 Å². The molecule has 0 radical (unpaired) electrons. The zero-order chi connectivity index (χ0) is 31.7. The molecule has 0 spiro atoms. The number of rotatable bonds is 14. The van der Waals surface area contributed by atoms with E-state index in [4.69, 9.17) is 40.6 Å². The maximum absolute atomic E-state index is 6.50. The summed E-state index contributed by atoms with van der Waals surface area (Å²) in [5, 5.41) is 12.9. The predicted molar refractivity (Wildman–Crippen MR) is 174 cm³/mol. The van der Waals surface area contributed by atoms with Crippen molar-refractivity contribution >= 4 is 23.2 Å². The van der Waals surface area contributed by atoms with Crippen molar-refractivity contribution in [1.82, 2.24) is 39.4 Å². The summed E-state index contributed by atoms with van der Waals surface area (Å²) in [5.41, 5.74) is 2.30. The van der Waals surface area contributed by atoms with Crippen molar-refractivity contribution < 1.29 is 18.9 Å². The first-order valence-electron chi connectivity index (χ1n) is 16.0. The Morgan fingerprint density at radius 2 is 1.91 bits per heavy atom. The topological polar surface area (TPSA) is 127 Å². The van der Waals surface area contributed by atoms with Gasteiger partial charge in [0.1, 0.15) is 30.2 Å².